The lowest BCUT2D eigenvalue weighted by Gasteiger charge is -2.09. The normalized spacial score (nSPS) is 10.2. The van der Waals surface area contributed by atoms with Crippen molar-refractivity contribution in [3.8, 4) is 5.75 Å². The number of anilines is 2. The van der Waals surface area contributed by atoms with Gasteiger partial charge in [-0.2, -0.15) is 0 Å². The highest BCUT2D eigenvalue weighted by molar-refractivity contribution is 9.10. The van der Waals surface area contributed by atoms with Gasteiger partial charge in [0.25, 0.3) is 0 Å². The molecule has 0 aliphatic carbocycles. The fourth-order valence-electron chi connectivity index (χ4n) is 1.50. The molecule has 5 heteroatoms. The predicted octanol–water partition coefficient (Wildman–Crippen LogP) is 4.04. The molecule has 0 saturated carbocycles. The van der Waals surface area contributed by atoms with E-state index in [9.17, 15) is 4.39 Å². The average Bonchev–Trinajstić information content (AvgIpc) is 2.35. The zero-order valence-corrected chi connectivity index (χ0v) is 11.6. The zero-order chi connectivity index (χ0) is 13.1. The molecule has 2 aromatic rings. The number of halogens is 2. The van der Waals surface area contributed by atoms with E-state index in [4.69, 9.17) is 4.74 Å². The summed E-state index contributed by atoms with van der Waals surface area (Å²) in [6.07, 6.45) is 1.76. The number of aryl methyl sites for hydroxylation is 1. The second-order valence-electron chi connectivity index (χ2n) is 3.82. The van der Waals surface area contributed by atoms with Crippen LogP contribution in [-0.2, 0) is 0 Å². The number of nitrogens with one attached hydrogen (secondary N) is 1. The van der Waals surface area contributed by atoms with Crippen molar-refractivity contribution >= 4 is 27.4 Å². The van der Waals surface area contributed by atoms with Gasteiger partial charge in [0.2, 0.25) is 0 Å². The Morgan fingerprint density at radius 3 is 2.78 bits per heavy atom. The van der Waals surface area contributed by atoms with Crippen molar-refractivity contribution in [2.75, 3.05) is 12.4 Å². The third-order valence-corrected chi connectivity index (χ3v) is 3.00. The van der Waals surface area contributed by atoms with Crippen LogP contribution in [0.15, 0.2) is 34.9 Å². The third-order valence-electron chi connectivity index (χ3n) is 2.39. The molecule has 1 aromatic heterocycles. The van der Waals surface area contributed by atoms with E-state index in [0.717, 1.165) is 10.0 Å². The first-order valence-corrected chi connectivity index (χ1v) is 6.12. The molecule has 0 bridgehead atoms. The van der Waals surface area contributed by atoms with Gasteiger partial charge in [0, 0.05) is 18.0 Å². The summed E-state index contributed by atoms with van der Waals surface area (Å²) in [6.45, 7) is 1.96. The summed E-state index contributed by atoms with van der Waals surface area (Å²) in [6, 6.07) is 6.52. The molecule has 0 spiro atoms. The summed E-state index contributed by atoms with van der Waals surface area (Å²) in [5.41, 5.74) is 1.77. The Morgan fingerprint density at radius 2 is 2.11 bits per heavy atom. The quantitative estimate of drug-likeness (QED) is 0.929. The molecule has 1 heterocycles. The first-order chi connectivity index (χ1) is 8.60. The number of hydrogen-bond acceptors (Lipinski definition) is 3. The highest BCUT2D eigenvalue weighted by Crippen LogP contribution is 2.27. The van der Waals surface area contributed by atoms with Gasteiger partial charge in [-0.25, -0.2) is 9.37 Å². The van der Waals surface area contributed by atoms with Crippen LogP contribution in [-0.4, -0.2) is 12.1 Å². The van der Waals surface area contributed by atoms with Crippen molar-refractivity contribution < 1.29 is 9.13 Å². The Morgan fingerprint density at radius 1 is 1.33 bits per heavy atom. The molecule has 0 aliphatic rings. The molecule has 1 N–H and O–H groups in total. The molecule has 0 saturated heterocycles. The van der Waals surface area contributed by atoms with Gasteiger partial charge < -0.3 is 10.1 Å². The predicted molar refractivity (Wildman–Crippen MR) is 72.9 cm³/mol. The van der Waals surface area contributed by atoms with Crippen LogP contribution < -0.4 is 10.1 Å². The maximum Gasteiger partial charge on any atom is 0.165 e. The molecule has 0 unspecified atom stereocenters. The topological polar surface area (TPSA) is 34.1 Å². The minimum absolute atomic E-state index is 0.197. The maximum atomic E-state index is 13.3. The van der Waals surface area contributed by atoms with Crippen molar-refractivity contribution in [2.24, 2.45) is 0 Å². The van der Waals surface area contributed by atoms with Crippen molar-refractivity contribution in [2.45, 2.75) is 6.92 Å². The van der Waals surface area contributed by atoms with Gasteiger partial charge in [-0.15, -0.1) is 0 Å². The van der Waals surface area contributed by atoms with Crippen LogP contribution in [0.25, 0.3) is 0 Å². The Balaban J connectivity index is 2.28. The number of methoxy groups -OCH3 is 1. The summed E-state index contributed by atoms with van der Waals surface area (Å²) < 4.78 is 19.0. The van der Waals surface area contributed by atoms with Crippen molar-refractivity contribution in [1.29, 1.82) is 0 Å². The van der Waals surface area contributed by atoms with E-state index in [1.165, 1.54) is 13.2 Å². The average molecular weight is 311 g/mol. The van der Waals surface area contributed by atoms with Crippen molar-refractivity contribution in [3.63, 3.8) is 0 Å². The lowest BCUT2D eigenvalue weighted by Crippen LogP contribution is -1.96. The molecule has 94 valence electrons. The first-order valence-electron chi connectivity index (χ1n) is 5.33. The van der Waals surface area contributed by atoms with E-state index in [2.05, 4.69) is 26.2 Å². The van der Waals surface area contributed by atoms with E-state index in [-0.39, 0.29) is 11.6 Å². The highest BCUT2D eigenvalue weighted by atomic mass is 79.9. The smallest absolute Gasteiger partial charge is 0.165 e. The van der Waals surface area contributed by atoms with Crippen LogP contribution >= 0.6 is 15.9 Å². The molecule has 0 radical (unpaired) electrons. The van der Waals surface area contributed by atoms with Gasteiger partial charge >= 0.3 is 0 Å². The van der Waals surface area contributed by atoms with Crippen LogP contribution in [0, 0.1) is 12.7 Å². The number of hydrogen-bond donors (Lipinski definition) is 1. The van der Waals surface area contributed by atoms with E-state index in [1.807, 2.05) is 13.0 Å². The fourth-order valence-corrected chi connectivity index (χ4v) is 2.06. The van der Waals surface area contributed by atoms with E-state index in [1.54, 1.807) is 18.3 Å². The minimum atomic E-state index is -0.390. The van der Waals surface area contributed by atoms with Crippen molar-refractivity contribution in [1.82, 2.24) is 4.98 Å². The van der Waals surface area contributed by atoms with Crippen molar-refractivity contribution in [3.05, 3.63) is 46.3 Å². The molecular formula is C13H12BrFN2O. The zero-order valence-electron chi connectivity index (χ0n) is 10.00. The SMILES string of the molecule is COc1cc(Nc2ncc(C)cc2Br)ccc1F. The molecule has 18 heavy (non-hydrogen) atoms. The van der Waals surface area contributed by atoms with Gasteiger partial charge in [0.15, 0.2) is 11.6 Å². The second-order valence-corrected chi connectivity index (χ2v) is 4.67. The number of nitrogens with zero attached hydrogens (tertiary/aromatic N) is 1. The van der Waals surface area contributed by atoms with Gasteiger partial charge in [-0.1, -0.05) is 0 Å². The van der Waals surface area contributed by atoms with E-state index in [0.29, 0.717) is 11.5 Å². The summed E-state index contributed by atoms with van der Waals surface area (Å²) >= 11 is 3.42. The third kappa shape index (κ3) is 2.79. The van der Waals surface area contributed by atoms with Gasteiger partial charge in [-0.05, 0) is 46.6 Å². The molecule has 0 fully saturated rings. The summed E-state index contributed by atoms with van der Waals surface area (Å²) in [7, 11) is 1.43. The number of pyridine rings is 1. The van der Waals surface area contributed by atoms with E-state index >= 15 is 0 Å². The number of ether oxygens (including phenoxy) is 1. The van der Waals surface area contributed by atoms with E-state index < -0.39 is 0 Å². The number of aromatic nitrogens is 1. The Bertz CT molecular complexity index is 575. The van der Waals surface area contributed by atoms with Crippen LogP contribution in [0.1, 0.15) is 5.56 Å². The molecular weight excluding hydrogens is 299 g/mol. The van der Waals surface area contributed by atoms with Crippen LogP contribution in [0.5, 0.6) is 5.75 Å². The van der Waals surface area contributed by atoms with Gasteiger partial charge in [-0.3, -0.25) is 0 Å². The largest absolute Gasteiger partial charge is 0.494 e. The lowest BCUT2D eigenvalue weighted by atomic mass is 10.2. The fraction of sp³-hybridized carbons (Fsp3) is 0.154. The minimum Gasteiger partial charge on any atom is -0.494 e. The van der Waals surface area contributed by atoms with Gasteiger partial charge in [0.05, 0.1) is 11.6 Å². The molecule has 0 aliphatic heterocycles. The standard InChI is InChI=1S/C13H12BrFN2O/c1-8-5-10(14)13(16-7-8)17-9-3-4-11(15)12(6-9)18-2/h3-7H,1-2H3,(H,16,17). The number of benzene rings is 1. The summed E-state index contributed by atoms with van der Waals surface area (Å²) in [4.78, 5) is 4.26. The second kappa shape index (κ2) is 5.35. The van der Waals surface area contributed by atoms with Crippen LogP contribution in [0.2, 0.25) is 0 Å². The molecule has 2 rings (SSSR count). The number of rotatable bonds is 3. The Hall–Kier alpha value is -1.62. The summed E-state index contributed by atoms with van der Waals surface area (Å²) in [5.74, 6) is 0.483. The Kier molecular flexibility index (Phi) is 3.81. The monoisotopic (exact) mass is 310 g/mol. The Labute approximate surface area is 113 Å². The molecule has 1 aromatic carbocycles. The summed E-state index contributed by atoms with van der Waals surface area (Å²) in [5, 5.41) is 3.10. The molecule has 3 nitrogen and oxygen atoms in total. The van der Waals surface area contributed by atoms with Gasteiger partial charge in [0.1, 0.15) is 5.82 Å². The highest BCUT2D eigenvalue weighted by Gasteiger charge is 2.06. The van der Waals surface area contributed by atoms with Crippen LogP contribution in [0.3, 0.4) is 0 Å². The molecule has 0 atom stereocenters. The first kappa shape index (κ1) is 12.8. The maximum absolute atomic E-state index is 13.3. The van der Waals surface area contributed by atoms with Crippen LogP contribution in [0.4, 0.5) is 15.9 Å². The lowest BCUT2D eigenvalue weighted by molar-refractivity contribution is 0.387. The molecule has 0 amide bonds.